The Morgan fingerprint density at radius 2 is 2.10 bits per heavy atom. The molecule has 0 radical (unpaired) electrons. The molecular weight excluding hydrogens is 276 g/mol. The minimum atomic E-state index is -3.34. The van der Waals surface area contributed by atoms with E-state index in [0.29, 0.717) is 18.2 Å². The standard InChI is InChI=1S/C14H18N2O3S/c15-10-12-3-5-14(6-4-12)20(17,18)9-8-19-11-13-2-1-7-16-13/h3-6,13,16H,1-2,7-9,11H2. The first-order chi connectivity index (χ1) is 9.62. The molecule has 1 aliphatic heterocycles. The summed E-state index contributed by atoms with van der Waals surface area (Å²) in [7, 11) is -3.34. The molecule has 1 aromatic rings. The number of hydrogen-bond donors (Lipinski definition) is 1. The molecule has 1 unspecified atom stereocenters. The molecule has 1 N–H and O–H groups in total. The van der Waals surface area contributed by atoms with E-state index in [-0.39, 0.29) is 17.3 Å². The molecule has 5 nitrogen and oxygen atoms in total. The van der Waals surface area contributed by atoms with E-state index in [9.17, 15) is 8.42 Å². The zero-order valence-electron chi connectivity index (χ0n) is 11.2. The summed E-state index contributed by atoms with van der Waals surface area (Å²) < 4.78 is 29.5. The lowest BCUT2D eigenvalue weighted by atomic mass is 10.2. The predicted octanol–water partition coefficient (Wildman–Crippen LogP) is 1.10. The molecule has 108 valence electrons. The summed E-state index contributed by atoms with van der Waals surface area (Å²) in [6.45, 7) is 1.76. The summed E-state index contributed by atoms with van der Waals surface area (Å²) in [4.78, 5) is 0.235. The quantitative estimate of drug-likeness (QED) is 0.795. The number of benzene rings is 1. The Hall–Kier alpha value is -1.42. The lowest BCUT2D eigenvalue weighted by Gasteiger charge is -2.11. The van der Waals surface area contributed by atoms with E-state index < -0.39 is 9.84 Å². The number of ether oxygens (including phenoxy) is 1. The summed E-state index contributed by atoms with van der Waals surface area (Å²) >= 11 is 0. The van der Waals surface area contributed by atoms with Crippen molar-refractivity contribution in [2.24, 2.45) is 0 Å². The number of nitrogens with one attached hydrogen (secondary N) is 1. The highest BCUT2D eigenvalue weighted by Gasteiger charge is 2.16. The maximum absolute atomic E-state index is 12.0. The first kappa shape index (κ1) is 15.0. The van der Waals surface area contributed by atoms with Crippen molar-refractivity contribution in [2.45, 2.75) is 23.8 Å². The van der Waals surface area contributed by atoms with Crippen molar-refractivity contribution in [1.82, 2.24) is 5.32 Å². The van der Waals surface area contributed by atoms with Gasteiger partial charge in [-0.15, -0.1) is 0 Å². The highest BCUT2D eigenvalue weighted by Crippen LogP contribution is 2.12. The molecule has 6 heteroatoms. The van der Waals surface area contributed by atoms with Gasteiger partial charge in [-0.2, -0.15) is 5.26 Å². The van der Waals surface area contributed by atoms with E-state index in [4.69, 9.17) is 10.00 Å². The Morgan fingerprint density at radius 3 is 2.70 bits per heavy atom. The Balaban J connectivity index is 1.82. The van der Waals surface area contributed by atoms with Gasteiger partial charge < -0.3 is 10.1 Å². The van der Waals surface area contributed by atoms with Crippen LogP contribution in [0.4, 0.5) is 0 Å². The molecule has 1 saturated heterocycles. The van der Waals surface area contributed by atoms with Gasteiger partial charge in [0.25, 0.3) is 0 Å². The van der Waals surface area contributed by atoms with Crippen LogP contribution in [0.5, 0.6) is 0 Å². The van der Waals surface area contributed by atoms with Gasteiger partial charge in [-0.05, 0) is 43.7 Å². The largest absolute Gasteiger partial charge is 0.379 e. The van der Waals surface area contributed by atoms with Crippen LogP contribution in [0.1, 0.15) is 18.4 Å². The molecular formula is C14H18N2O3S. The van der Waals surface area contributed by atoms with E-state index in [1.54, 1.807) is 0 Å². The van der Waals surface area contributed by atoms with Gasteiger partial charge in [0.2, 0.25) is 0 Å². The van der Waals surface area contributed by atoms with Gasteiger partial charge in [0, 0.05) is 6.04 Å². The molecule has 0 amide bonds. The molecule has 1 fully saturated rings. The third-order valence-electron chi connectivity index (χ3n) is 3.32. The van der Waals surface area contributed by atoms with Gasteiger partial charge >= 0.3 is 0 Å². The van der Waals surface area contributed by atoms with Gasteiger partial charge in [0.1, 0.15) is 0 Å². The Bertz CT molecular complexity index is 569. The zero-order valence-corrected chi connectivity index (χ0v) is 12.0. The molecule has 2 rings (SSSR count). The maximum Gasteiger partial charge on any atom is 0.180 e. The monoisotopic (exact) mass is 294 g/mol. The molecule has 1 aliphatic rings. The van der Waals surface area contributed by atoms with E-state index in [2.05, 4.69) is 5.32 Å². The molecule has 0 bridgehead atoms. The Morgan fingerprint density at radius 1 is 1.35 bits per heavy atom. The number of hydrogen-bond acceptors (Lipinski definition) is 5. The molecule has 0 saturated carbocycles. The first-order valence-electron chi connectivity index (χ1n) is 6.66. The van der Waals surface area contributed by atoms with Gasteiger partial charge in [-0.3, -0.25) is 0 Å². The minimum Gasteiger partial charge on any atom is -0.379 e. The highest BCUT2D eigenvalue weighted by atomic mass is 32.2. The summed E-state index contributed by atoms with van der Waals surface area (Å²) in [5.74, 6) is -0.0361. The predicted molar refractivity (Wildman–Crippen MR) is 75.1 cm³/mol. The second kappa shape index (κ2) is 6.84. The highest BCUT2D eigenvalue weighted by molar-refractivity contribution is 7.91. The van der Waals surface area contributed by atoms with Crippen molar-refractivity contribution in [3.05, 3.63) is 29.8 Å². The number of sulfone groups is 1. The van der Waals surface area contributed by atoms with Gasteiger partial charge in [-0.25, -0.2) is 8.42 Å². The molecule has 1 atom stereocenters. The summed E-state index contributed by atoms with van der Waals surface area (Å²) in [5, 5.41) is 12.0. The van der Waals surface area contributed by atoms with Crippen LogP contribution in [0.2, 0.25) is 0 Å². The average molecular weight is 294 g/mol. The third-order valence-corrected chi connectivity index (χ3v) is 5.01. The fourth-order valence-electron chi connectivity index (χ4n) is 2.15. The van der Waals surface area contributed by atoms with Gasteiger partial charge in [0.05, 0.1) is 35.5 Å². The number of nitriles is 1. The van der Waals surface area contributed by atoms with Crippen molar-refractivity contribution in [1.29, 1.82) is 5.26 Å². The second-order valence-electron chi connectivity index (χ2n) is 4.82. The van der Waals surface area contributed by atoms with E-state index in [1.165, 1.54) is 24.3 Å². The van der Waals surface area contributed by atoms with Gasteiger partial charge in [-0.1, -0.05) is 0 Å². The SMILES string of the molecule is N#Cc1ccc(S(=O)(=O)CCOCC2CCCN2)cc1. The van der Waals surface area contributed by atoms with Crippen molar-refractivity contribution in [3.8, 4) is 6.07 Å². The normalized spacial score (nSPS) is 18.9. The van der Waals surface area contributed by atoms with E-state index in [0.717, 1.165) is 19.4 Å². The molecule has 20 heavy (non-hydrogen) atoms. The Kier molecular flexibility index (Phi) is 5.12. The lowest BCUT2D eigenvalue weighted by molar-refractivity contribution is 0.129. The van der Waals surface area contributed by atoms with Crippen LogP contribution in [-0.4, -0.2) is 40.0 Å². The van der Waals surface area contributed by atoms with Crippen molar-refractivity contribution >= 4 is 9.84 Å². The fraction of sp³-hybridized carbons (Fsp3) is 0.500. The van der Waals surface area contributed by atoms with Crippen molar-refractivity contribution in [3.63, 3.8) is 0 Å². The molecule has 0 spiro atoms. The van der Waals surface area contributed by atoms with Gasteiger partial charge in [0.15, 0.2) is 9.84 Å². The van der Waals surface area contributed by atoms with Crippen LogP contribution in [0.3, 0.4) is 0 Å². The van der Waals surface area contributed by atoms with Crippen molar-refractivity contribution in [2.75, 3.05) is 25.5 Å². The van der Waals surface area contributed by atoms with Crippen LogP contribution in [0, 0.1) is 11.3 Å². The smallest absolute Gasteiger partial charge is 0.180 e. The van der Waals surface area contributed by atoms with Crippen LogP contribution in [-0.2, 0) is 14.6 Å². The molecule has 1 aromatic carbocycles. The second-order valence-corrected chi connectivity index (χ2v) is 6.93. The summed E-state index contributed by atoms with van der Waals surface area (Å²) in [6, 6.07) is 8.27. The third kappa shape index (κ3) is 4.04. The molecule has 0 aromatic heterocycles. The number of nitrogens with zero attached hydrogens (tertiary/aromatic N) is 1. The topological polar surface area (TPSA) is 79.2 Å². The van der Waals surface area contributed by atoms with E-state index in [1.807, 2.05) is 6.07 Å². The minimum absolute atomic E-state index is 0.0361. The summed E-state index contributed by atoms with van der Waals surface area (Å²) in [6.07, 6.45) is 2.24. The van der Waals surface area contributed by atoms with Crippen LogP contribution in [0.15, 0.2) is 29.2 Å². The fourth-order valence-corrected chi connectivity index (χ4v) is 3.27. The van der Waals surface area contributed by atoms with Crippen LogP contribution >= 0.6 is 0 Å². The molecule has 0 aliphatic carbocycles. The van der Waals surface area contributed by atoms with Crippen LogP contribution < -0.4 is 5.32 Å². The Labute approximate surface area is 119 Å². The van der Waals surface area contributed by atoms with E-state index >= 15 is 0 Å². The average Bonchev–Trinajstić information content (AvgIpc) is 2.97. The maximum atomic E-state index is 12.0. The number of rotatable bonds is 6. The molecule has 1 heterocycles. The lowest BCUT2D eigenvalue weighted by Crippen LogP contribution is -2.27. The zero-order chi connectivity index (χ0) is 14.4. The van der Waals surface area contributed by atoms with Crippen molar-refractivity contribution < 1.29 is 13.2 Å². The van der Waals surface area contributed by atoms with Crippen LogP contribution in [0.25, 0.3) is 0 Å². The summed E-state index contributed by atoms with van der Waals surface area (Å²) in [5.41, 5.74) is 0.451. The first-order valence-corrected chi connectivity index (χ1v) is 8.31.